The molecule has 0 radical (unpaired) electrons. The first kappa shape index (κ1) is 19.7. The van der Waals surface area contributed by atoms with Gasteiger partial charge in [0.15, 0.2) is 0 Å². The molecule has 4 heteroatoms. The predicted molar refractivity (Wildman–Crippen MR) is 128 cm³/mol. The summed E-state index contributed by atoms with van der Waals surface area (Å²) in [5.41, 5.74) is 9.31. The predicted octanol–water partition coefficient (Wildman–Crippen LogP) is 6.41. The number of nitrogens with zero attached hydrogens (tertiary/aromatic N) is 1. The van der Waals surface area contributed by atoms with Crippen LogP contribution in [0, 0.1) is 6.92 Å². The van der Waals surface area contributed by atoms with Crippen molar-refractivity contribution < 1.29 is 9.15 Å². The molecular formula is C28H30N2O2. The van der Waals surface area contributed by atoms with Crippen molar-refractivity contribution >= 4 is 5.84 Å². The first-order chi connectivity index (χ1) is 15.5. The average Bonchev–Trinajstić information content (AvgIpc) is 3.38. The van der Waals surface area contributed by atoms with E-state index in [4.69, 9.17) is 14.1 Å². The molecule has 1 aliphatic heterocycles. The summed E-state index contributed by atoms with van der Waals surface area (Å²) in [6, 6.07) is 13.0. The number of fused-ring (bicyclic) bond motifs is 8. The van der Waals surface area contributed by atoms with Gasteiger partial charge in [-0.25, -0.2) is 0 Å². The molecule has 2 heterocycles. The minimum absolute atomic E-state index is 0.0687. The Morgan fingerprint density at radius 3 is 2.72 bits per heavy atom. The number of furan rings is 1. The van der Waals surface area contributed by atoms with E-state index < -0.39 is 0 Å². The van der Waals surface area contributed by atoms with Crippen LogP contribution in [0.25, 0.3) is 11.3 Å². The summed E-state index contributed by atoms with van der Waals surface area (Å²) in [7, 11) is 0. The molecule has 2 unspecified atom stereocenters. The van der Waals surface area contributed by atoms with Crippen LogP contribution in [0.4, 0.5) is 0 Å². The van der Waals surface area contributed by atoms with E-state index in [0.29, 0.717) is 6.61 Å². The topological polar surface area (TPSA) is 46.8 Å². The molecule has 32 heavy (non-hydrogen) atoms. The molecule has 2 aromatic carbocycles. The van der Waals surface area contributed by atoms with E-state index in [1.165, 1.54) is 46.2 Å². The van der Waals surface area contributed by atoms with Crippen LogP contribution < -0.4 is 10.1 Å². The zero-order valence-electron chi connectivity index (χ0n) is 19.3. The number of hydrogen-bond acceptors (Lipinski definition) is 4. The molecular weight excluding hydrogens is 396 g/mol. The standard InChI is InChI=1S/C28H30N2O2/c1-5-31-18-10-8-17(9-11-18)27-29-24-22-16(2)15-32-26(22)20-12-13-21-19(23(20)25(24)30-27)7-6-14-28(21,3)4/h8-13,15,24-25H,5-7,14H2,1-4H3,(H,29,30). The molecule has 0 bridgehead atoms. The molecule has 3 aromatic rings. The number of amidine groups is 1. The van der Waals surface area contributed by atoms with Gasteiger partial charge < -0.3 is 14.5 Å². The highest BCUT2D eigenvalue weighted by atomic mass is 16.5. The van der Waals surface area contributed by atoms with E-state index in [0.717, 1.165) is 29.3 Å². The first-order valence-electron chi connectivity index (χ1n) is 11.8. The smallest absolute Gasteiger partial charge is 0.139 e. The van der Waals surface area contributed by atoms with E-state index in [2.05, 4.69) is 50.4 Å². The largest absolute Gasteiger partial charge is 0.494 e. The van der Waals surface area contributed by atoms with Gasteiger partial charge in [0.1, 0.15) is 23.4 Å². The van der Waals surface area contributed by atoms with Crippen LogP contribution in [0.2, 0.25) is 0 Å². The Labute approximate surface area is 189 Å². The first-order valence-corrected chi connectivity index (χ1v) is 11.8. The van der Waals surface area contributed by atoms with Gasteiger partial charge in [0.25, 0.3) is 0 Å². The second-order valence-corrected chi connectivity index (χ2v) is 9.95. The molecule has 164 valence electrons. The van der Waals surface area contributed by atoms with Crippen LogP contribution in [0.5, 0.6) is 5.75 Å². The molecule has 1 N–H and O–H groups in total. The number of ether oxygens (including phenoxy) is 1. The van der Waals surface area contributed by atoms with Crippen molar-refractivity contribution in [1.82, 2.24) is 5.32 Å². The lowest BCUT2D eigenvalue weighted by molar-refractivity contribution is 0.340. The summed E-state index contributed by atoms with van der Waals surface area (Å²) in [5.74, 6) is 2.86. The van der Waals surface area contributed by atoms with E-state index in [1.807, 2.05) is 25.3 Å². The van der Waals surface area contributed by atoms with Crippen molar-refractivity contribution in [3.8, 4) is 17.1 Å². The summed E-state index contributed by atoms with van der Waals surface area (Å²) in [6.07, 6.45) is 5.47. The third-order valence-electron chi connectivity index (χ3n) is 7.50. The van der Waals surface area contributed by atoms with Crippen molar-refractivity contribution in [2.75, 3.05) is 6.61 Å². The van der Waals surface area contributed by atoms with Crippen LogP contribution in [0.1, 0.15) is 79.1 Å². The lowest BCUT2D eigenvalue weighted by Gasteiger charge is -2.37. The zero-order valence-corrected chi connectivity index (χ0v) is 19.3. The van der Waals surface area contributed by atoms with Crippen molar-refractivity contribution in [3.05, 3.63) is 76.0 Å². The van der Waals surface area contributed by atoms with Crippen molar-refractivity contribution in [3.63, 3.8) is 0 Å². The molecule has 0 saturated carbocycles. The molecule has 0 saturated heterocycles. The zero-order chi connectivity index (χ0) is 22.0. The van der Waals surface area contributed by atoms with Gasteiger partial charge in [-0.05, 0) is 85.0 Å². The molecule has 0 fully saturated rings. The Bertz CT molecular complexity index is 1230. The normalized spacial score (nSPS) is 22.2. The minimum atomic E-state index is 0.0687. The lowest BCUT2D eigenvalue weighted by atomic mass is 9.68. The van der Waals surface area contributed by atoms with Crippen LogP contribution in [-0.4, -0.2) is 12.4 Å². The molecule has 3 aliphatic rings. The summed E-state index contributed by atoms with van der Waals surface area (Å²) in [4.78, 5) is 5.30. The maximum atomic E-state index is 6.14. The highest BCUT2D eigenvalue weighted by Gasteiger charge is 2.44. The Morgan fingerprint density at radius 2 is 1.94 bits per heavy atom. The van der Waals surface area contributed by atoms with Gasteiger partial charge in [-0.1, -0.05) is 26.0 Å². The minimum Gasteiger partial charge on any atom is -0.494 e. The lowest BCUT2D eigenvalue weighted by Crippen LogP contribution is -2.30. The maximum Gasteiger partial charge on any atom is 0.139 e. The van der Waals surface area contributed by atoms with Gasteiger partial charge in [0.2, 0.25) is 0 Å². The molecule has 0 spiro atoms. The maximum absolute atomic E-state index is 6.14. The fourth-order valence-electron chi connectivity index (χ4n) is 5.97. The number of aliphatic imine (C=N–C) groups is 1. The number of aryl methyl sites for hydroxylation is 1. The SMILES string of the molecule is CCOc1ccc(C2=NC3c4c(ccc5c4CCCC5(C)C)-c4occ(C)c4C3N2)cc1. The number of rotatable bonds is 3. The Kier molecular flexibility index (Phi) is 4.30. The molecule has 4 nitrogen and oxygen atoms in total. The number of nitrogens with one attached hydrogen (secondary N) is 1. The van der Waals surface area contributed by atoms with E-state index in [1.54, 1.807) is 0 Å². The summed E-state index contributed by atoms with van der Waals surface area (Å²) < 4.78 is 11.8. The molecule has 1 aromatic heterocycles. The van der Waals surface area contributed by atoms with Crippen molar-refractivity contribution in [2.45, 2.75) is 64.5 Å². The number of hydrogen-bond donors (Lipinski definition) is 1. The molecule has 0 amide bonds. The Morgan fingerprint density at radius 1 is 1.12 bits per heavy atom. The second-order valence-electron chi connectivity index (χ2n) is 9.95. The molecule has 2 aliphatic carbocycles. The van der Waals surface area contributed by atoms with Crippen molar-refractivity contribution in [2.24, 2.45) is 4.99 Å². The summed E-state index contributed by atoms with van der Waals surface area (Å²) in [5, 5.41) is 3.76. The van der Waals surface area contributed by atoms with Gasteiger partial charge in [-0.3, -0.25) is 4.99 Å². The van der Waals surface area contributed by atoms with Crippen LogP contribution >= 0.6 is 0 Å². The fraction of sp³-hybridized carbons (Fsp3) is 0.393. The van der Waals surface area contributed by atoms with Gasteiger partial charge in [0, 0.05) is 16.7 Å². The Balaban J connectivity index is 1.51. The van der Waals surface area contributed by atoms with Gasteiger partial charge in [0.05, 0.1) is 18.9 Å². The second kappa shape index (κ2) is 6.99. The average molecular weight is 427 g/mol. The van der Waals surface area contributed by atoms with Crippen molar-refractivity contribution in [1.29, 1.82) is 0 Å². The third kappa shape index (κ3) is 2.78. The molecule has 6 rings (SSSR count). The van der Waals surface area contributed by atoms with Crippen LogP contribution in [0.3, 0.4) is 0 Å². The Hall–Kier alpha value is -3.01. The van der Waals surface area contributed by atoms with E-state index >= 15 is 0 Å². The van der Waals surface area contributed by atoms with Crippen LogP contribution in [0.15, 0.2) is 52.1 Å². The van der Waals surface area contributed by atoms with E-state index in [-0.39, 0.29) is 17.5 Å². The van der Waals surface area contributed by atoms with E-state index in [9.17, 15) is 0 Å². The van der Waals surface area contributed by atoms with Gasteiger partial charge >= 0.3 is 0 Å². The monoisotopic (exact) mass is 426 g/mol. The highest BCUT2D eigenvalue weighted by molar-refractivity contribution is 6.01. The van der Waals surface area contributed by atoms with Crippen LogP contribution in [-0.2, 0) is 11.8 Å². The third-order valence-corrected chi connectivity index (χ3v) is 7.50. The highest BCUT2D eigenvalue weighted by Crippen LogP contribution is 2.54. The summed E-state index contributed by atoms with van der Waals surface area (Å²) in [6.45, 7) is 9.57. The molecule has 2 atom stereocenters. The van der Waals surface area contributed by atoms with Gasteiger partial charge in [-0.15, -0.1) is 0 Å². The van der Waals surface area contributed by atoms with Gasteiger partial charge in [-0.2, -0.15) is 0 Å². The quantitative estimate of drug-likeness (QED) is 0.526. The fourth-order valence-corrected chi connectivity index (χ4v) is 5.97. The summed E-state index contributed by atoms with van der Waals surface area (Å²) >= 11 is 0. The number of benzene rings is 2.